The number of rotatable bonds is 4. The van der Waals surface area contributed by atoms with Crippen molar-refractivity contribution in [3.63, 3.8) is 0 Å². The number of likely N-dealkylation sites (tertiary alicyclic amines) is 1. The molecule has 2 aliphatic heterocycles. The summed E-state index contributed by atoms with van der Waals surface area (Å²) in [6, 6.07) is 1.22. The standard InChI is InChI=1S/C24H32F3N3O2/c1-16(29-9-7-20-18(14-29)11-19(13-28-20)24(25,26)27)23(12-17-5-6-17)8-10-30(15-23)21(31)32-22(2,3)4/h11,13,17H,1,5-10,12,14-15H2,2-4H3. The van der Waals surface area contributed by atoms with Gasteiger partial charge in [0, 0.05) is 55.6 Å². The van der Waals surface area contributed by atoms with E-state index >= 15 is 0 Å². The van der Waals surface area contributed by atoms with Crippen LogP contribution in [0.4, 0.5) is 18.0 Å². The summed E-state index contributed by atoms with van der Waals surface area (Å²) in [5, 5.41) is 0. The van der Waals surface area contributed by atoms with E-state index in [9.17, 15) is 18.0 Å². The average molecular weight is 452 g/mol. The number of carbonyl (C=O) groups excluding carboxylic acids is 1. The van der Waals surface area contributed by atoms with E-state index in [1.54, 1.807) is 4.90 Å². The van der Waals surface area contributed by atoms with Crippen molar-refractivity contribution in [1.82, 2.24) is 14.8 Å². The fraction of sp³-hybridized carbons (Fsp3) is 0.667. The molecule has 1 saturated heterocycles. The van der Waals surface area contributed by atoms with Crippen molar-refractivity contribution < 1.29 is 22.7 Å². The minimum atomic E-state index is -4.41. The number of nitrogens with zero attached hydrogens (tertiary/aromatic N) is 3. The number of fused-ring (bicyclic) bond motifs is 1. The van der Waals surface area contributed by atoms with Crippen LogP contribution >= 0.6 is 0 Å². The molecule has 0 bridgehead atoms. The van der Waals surface area contributed by atoms with Gasteiger partial charge >= 0.3 is 12.3 Å². The minimum Gasteiger partial charge on any atom is -0.444 e. The number of hydrogen-bond donors (Lipinski definition) is 0. The molecule has 8 heteroatoms. The fourth-order valence-electron chi connectivity index (χ4n) is 4.90. The van der Waals surface area contributed by atoms with Crippen LogP contribution in [0, 0.1) is 11.3 Å². The first-order valence-electron chi connectivity index (χ1n) is 11.3. The normalized spacial score (nSPS) is 23.8. The van der Waals surface area contributed by atoms with Gasteiger partial charge in [0.05, 0.1) is 5.56 Å². The van der Waals surface area contributed by atoms with Gasteiger partial charge in [0.1, 0.15) is 5.60 Å². The topological polar surface area (TPSA) is 45.7 Å². The zero-order chi connectivity index (χ0) is 23.3. The second-order valence-electron chi connectivity index (χ2n) is 10.5. The third kappa shape index (κ3) is 4.89. The van der Waals surface area contributed by atoms with Crippen molar-refractivity contribution in [1.29, 1.82) is 0 Å². The van der Waals surface area contributed by atoms with Crippen molar-refractivity contribution in [3.05, 3.63) is 41.4 Å². The number of alkyl halides is 3. The molecule has 3 aliphatic rings. The molecule has 4 rings (SSSR count). The molecule has 0 aromatic carbocycles. The van der Waals surface area contributed by atoms with Gasteiger partial charge in [-0.25, -0.2) is 4.79 Å². The first kappa shape index (κ1) is 22.9. The quantitative estimate of drug-likeness (QED) is 0.615. The Balaban J connectivity index is 1.53. The molecule has 1 amide bonds. The summed E-state index contributed by atoms with van der Waals surface area (Å²) in [5.41, 5.74) is 0.725. The summed E-state index contributed by atoms with van der Waals surface area (Å²) < 4.78 is 45.1. The largest absolute Gasteiger partial charge is 0.444 e. The fourth-order valence-corrected chi connectivity index (χ4v) is 4.90. The summed E-state index contributed by atoms with van der Waals surface area (Å²) in [5.74, 6) is 0.626. The highest BCUT2D eigenvalue weighted by molar-refractivity contribution is 5.68. The Morgan fingerprint density at radius 3 is 2.59 bits per heavy atom. The monoisotopic (exact) mass is 451 g/mol. The first-order valence-corrected chi connectivity index (χ1v) is 11.3. The molecule has 0 radical (unpaired) electrons. The van der Waals surface area contributed by atoms with E-state index in [2.05, 4.69) is 16.5 Å². The molecule has 1 aromatic rings. The van der Waals surface area contributed by atoms with Gasteiger partial charge in [0.15, 0.2) is 0 Å². The summed E-state index contributed by atoms with van der Waals surface area (Å²) in [6.45, 7) is 12.2. The van der Waals surface area contributed by atoms with Crippen molar-refractivity contribution in [2.45, 2.75) is 71.2 Å². The van der Waals surface area contributed by atoms with E-state index in [0.29, 0.717) is 44.1 Å². The van der Waals surface area contributed by atoms with Gasteiger partial charge in [0.25, 0.3) is 0 Å². The van der Waals surface area contributed by atoms with Crippen molar-refractivity contribution in [2.24, 2.45) is 11.3 Å². The molecule has 32 heavy (non-hydrogen) atoms. The van der Waals surface area contributed by atoms with E-state index in [-0.39, 0.29) is 11.5 Å². The molecule has 5 nitrogen and oxygen atoms in total. The Morgan fingerprint density at radius 2 is 1.97 bits per heavy atom. The highest BCUT2D eigenvalue weighted by Crippen LogP contribution is 2.50. The molecule has 0 N–H and O–H groups in total. The highest BCUT2D eigenvalue weighted by atomic mass is 19.4. The number of pyridine rings is 1. The molecule has 1 saturated carbocycles. The number of hydrogen-bond acceptors (Lipinski definition) is 4. The second kappa shape index (κ2) is 7.96. The van der Waals surface area contributed by atoms with Crippen LogP contribution in [0.1, 0.15) is 63.3 Å². The van der Waals surface area contributed by atoms with Gasteiger partial charge < -0.3 is 14.5 Å². The second-order valence-corrected chi connectivity index (χ2v) is 10.5. The van der Waals surface area contributed by atoms with E-state index in [4.69, 9.17) is 4.74 Å². The first-order chi connectivity index (χ1) is 14.9. The maximum absolute atomic E-state index is 13.2. The van der Waals surface area contributed by atoms with Crippen LogP contribution in [-0.2, 0) is 23.9 Å². The summed E-state index contributed by atoms with van der Waals surface area (Å²) >= 11 is 0. The van der Waals surface area contributed by atoms with Crippen molar-refractivity contribution in [2.75, 3.05) is 19.6 Å². The average Bonchev–Trinajstić information content (AvgIpc) is 3.40. The van der Waals surface area contributed by atoms with Gasteiger partial charge in [-0.05, 0) is 51.2 Å². The number of carbonyl (C=O) groups is 1. The molecule has 1 aliphatic carbocycles. The lowest BCUT2D eigenvalue weighted by Gasteiger charge is -2.41. The Morgan fingerprint density at radius 1 is 1.25 bits per heavy atom. The molecule has 1 unspecified atom stereocenters. The summed E-state index contributed by atoms with van der Waals surface area (Å²) in [4.78, 5) is 20.6. The van der Waals surface area contributed by atoms with Crippen LogP contribution in [0.5, 0.6) is 0 Å². The third-order valence-corrected chi connectivity index (χ3v) is 6.74. The van der Waals surface area contributed by atoms with E-state index in [0.717, 1.165) is 30.4 Å². The smallest absolute Gasteiger partial charge is 0.417 e. The minimum absolute atomic E-state index is 0.259. The molecule has 0 spiro atoms. The van der Waals surface area contributed by atoms with E-state index in [1.165, 1.54) is 18.9 Å². The Kier molecular flexibility index (Phi) is 5.70. The van der Waals surface area contributed by atoms with Crippen LogP contribution in [0.15, 0.2) is 24.5 Å². The molecule has 1 atom stereocenters. The molecule has 3 heterocycles. The van der Waals surface area contributed by atoms with Crippen LogP contribution in [0.25, 0.3) is 0 Å². The van der Waals surface area contributed by atoms with Crippen LogP contribution in [-0.4, -0.2) is 46.1 Å². The number of amides is 1. The summed E-state index contributed by atoms with van der Waals surface area (Å²) in [7, 11) is 0. The van der Waals surface area contributed by atoms with Crippen molar-refractivity contribution >= 4 is 6.09 Å². The molecule has 1 aromatic heterocycles. The van der Waals surface area contributed by atoms with Gasteiger partial charge in [-0.3, -0.25) is 4.98 Å². The van der Waals surface area contributed by atoms with Gasteiger partial charge in [-0.2, -0.15) is 13.2 Å². The lowest BCUT2D eigenvalue weighted by molar-refractivity contribution is -0.137. The number of ether oxygens (including phenoxy) is 1. The van der Waals surface area contributed by atoms with Crippen LogP contribution in [0.2, 0.25) is 0 Å². The number of aromatic nitrogens is 1. The SMILES string of the molecule is C=C(N1CCc2ncc(C(F)(F)F)cc2C1)C1(CC2CC2)CCN(C(=O)OC(C)(C)C)C1. The predicted molar refractivity (Wildman–Crippen MR) is 115 cm³/mol. The Hall–Kier alpha value is -2.25. The van der Waals surface area contributed by atoms with Gasteiger partial charge in [-0.1, -0.05) is 19.4 Å². The maximum atomic E-state index is 13.2. The Labute approximate surface area is 187 Å². The summed E-state index contributed by atoms with van der Waals surface area (Å²) in [6.07, 6.45) is 0.905. The molecule has 2 fully saturated rings. The predicted octanol–water partition coefficient (Wildman–Crippen LogP) is 5.40. The number of halogens is 3. The van der Waals surface area contributed by atoms with Gasteiger partial charge in [-0.15, -0.1) is 0 Å². The lowest BCUT2D eigenvalue weighted by atomic mass is 9.77. The molecular weight excluding hydrogens is 419 g/mol. The lowest BCUT2D eigenvalue weighted by Crippen LogP contribution is -2.42. The van der Waals surface area contributed by atoms with E-state index in [1.807, 2.05) is 20.8 Å². The zero-order valence-electron chi connectivity index (χ0n) is 19.1. The molecular formula is C24H32F3N3O2. The van der Waals surface area contributed by atoms with E-state index < -0.39 is 17.3 Å². The van der Waals surface area contributed by atoms with Crippen LogP contribution in [0.3, 0.4) is 0 Å². The van der Waals surface area contributed by atoms with Crippen molar-refractivity contribution in [3.8, 4) is 0 Å². The Bertz CT molecular complexity index is 905. The van der Waals surface area contributed by atoms with Crippen LogP contribution < -0.4 is 0 Å². The van der Waals surface area contributed by atoms with Gasteiger partial charge in [0.2, 0.25) is 0 Å². The zero-order valence-corrected chi connectivity index (χ0v) is 19.1. The molecule has 176 valence electrons. The maximum Gasteiger partial charge on any atom is 0.417 e. The highest BCUT2D eigenvalue weighted by Gasteiger charge is 2.48. The third-order valence-electron chi connectivity index (χ3n) is 6.74.